The van der Waals surface area contributed by atoms with Crippen LogP contribution < -0.4 is 4.74 Å². The van der Waals surface area contributed by atoms with E-state index in [0.717, 1.165) is 78.5 Å². The van der Waals surface area contributed by atoms with Crippen LogP contribution in [0, 0.1) is 11.3 Å². The second-order valence-corrected chi connectivity index (χ2v) is 14.6. The van der Waals surface area contributed by atoms with Crippen molar-refractivity contribution in [3.05, 3.63) is 246 Å². The van der Waals surface area contributed by atoms with Gasteiger partial charge in [-0.1, -0.05) is 164 Å². The first-order chi connectivity index (χ1) is 28.7. The lowest BCUT2D eigenvalue weighted by molar-refractivity contribution is 0.434. The van der Waals surface area contributed by atoms with Gasteiger partial charge in [0.05, 0.1) is 28.4 Å². The SMILES string of the molecule is N#Cc1ccc(-c2cc(-c3ccccc3)nc(-c3cccc(-c4cccc(-c5ccc6c(c5)C(c5ccccc5)(c5ccccc5)c5ccccc5O6)c4)c3)c2)cc1. The molecular formula is C55H36N2O. The molecule has 0 saturated heterocycles. The van der Waals surface area contributed by atoms with E-state index in [1.165, 1.54) is 11.1 Å². The summed E-state index contributed by atoms with van der Waals surface area (Å²) in [5.41, 5.74) is 15.0. The molecule has 3 nitrogen and oxygen atoms in total. The Morgan fingerprint density at radius 1 is 0.362 bits per heavy atom. The van der Waals surface area contributed by atoms with Gasteiger partial charge in [0.2, 0.25) is 0 Å². The third-order valence-corrected chi connectivity index (χ3v) is 11.2. The number of ether oxygens (including phenoxy) is 1. The Bertz CT molecular complexity index is 2930. The van der Waals surface area contributed by atoms with Crippen LogP contribution in [-0.4, -0.2) is 4.98 Å². The molecule has 0 saturated carbocycles. The molecule has 0 atom stereocenters. The second-order valence-electron chi connectivity index (χ2n) is 14.6. The summed E-state index contributed by atoms with van der Waals surface area (Å²) in [7, 11) is 0. The van der Waals surface area contributed by atoms with Crippen LogP contribution in [-0.2, 0) is 5.41 Å². The standard InChI is InChI=1S/C55H36N2O/c56-37-38-26-28-39(29-27-38)46-35-51(40-14-4-1-5-15-40)57-52(36-46)45-19-13-18-43(33-45)41-16-12-17-42(32-41)44-30-31-54-50(34-44)55(47-20-6-2-7-21-47,48-22-8-3-9-23-48)49-24-10-11-25-53(49)58-54/h1-36H. The number of nitrogens with zero attached hydrogens (tertiary/aromatic N) is 2. The van der Waals surface area contributed by atoms with Crippen molar-refractivity contribution < 1.29 is 4.74 Å². The van der Waals surface area contributed by atoms with Crippen LogP contribution in [0.5, 0.6) is 11.5 Å². The molecule has 1 aliphatic heterocycles. The molecule has 2 heterocycles. The van der Waals surface area contributed by atoms with Crippen molar-refractivity contribution >= 4 is 0 Å². The summed E-state index contributed by atoms with van der Waals surface area (Å²) in [6.07, 6.45) is 0. The summed E-state index contributed by atoms with van der Waals surface area (Å²) in [5.74, 6) is 1.72. The zero-order valence-electron chi connectivity index (χ0n) is 31.6. The molecule has 3 heteroatoms. The van der Waals surface area contributed by atoms with Gasteiger partial charge in [-0.25, -0.2) is 4.98 Å². The van der Waals surface area contributed by atoms with Crippen LogP contribution in [0.2, 0.25) is 0 Å². The Kier molecular flexibility index (Phi) is 8.78. The highest BCUT2D eigenvalue weighted by Crippen LogP contribution is 2.55. The minimum atomic E-state index is -0.591. The number of hydrogen-bond acceptors (Lipinski definition) is 3. The van der Waals surface area contributed by atoms with Crippen LogP contribution in [0.3, 0.4) is 0 Å². The molecule has 0 spiro atoms. The zero-order valence-corrected chi connectivity index (χ0v) is 31.6. The normalized spacial score (nSPS) is 12.4. The van der Waals surface area contributed by atoms with E-state index < -0.39 is 5.41 Å². The molecule has 0 fully saturated rings. The summed E-state index contributed by atoms with van der Waals surface area (Å²) in [6, 6.07) is 78.6. The van der Waals surface area contributed by atoms with Crippen LogP contribution in [0.25, 0.3) is 55.9 Å². The molecule has 58 heavy (non-hydrogen) atoms. The van der Waals surface area contributed by atoms with Gasteiger partial charge in [-0.15, -0.1) is 0 Å². The maximum Gasteiger partial charge on any atom is 0.132 e. The minimum Gasteiger partial charge on any atom is -0.457 e. The predicted molar refractivity (Wildman–Crippen MR) is 235 cm³/mol. The minimum absolute atomic E-state index is 0.591. The van der Waals surface area contributed by atoms with Gasteiger partial charge < -0.3 is 4.74 Å². The topological polar surface area (TPSA) is 45.9 Å². The zero-order chi connectivity index (χ0) is 38.9. The highest BCUT2D eigenvalue weighted by atomic mass is 16.5. The van der Waals surface area contributed by atoms with Crippen molar-refractivity contribution in [2.45, 2.75) is 5.41 Å². The highest BCUT2D eigenvalue weighted by molar-refractivity contribution is 5.81. The fourth-order valence-electron chi connectivity index (χ4n) is 8.46. The third kappa shape index (κ3) is 6.14. The lowest BCUT2D eigenvalue weighted by Gasteiger charge is -2.41. The number of fused-ring (bicyclic) bond motifs is 2. The first-order valence-electron chi connectivity index (χ1n) is 19.5. The van der Waals surface area contributed by atoms with Gasteiger partial charge in [0.1, 0.15) is 11.5 Å². The fourth-order valence-corrected chi connectivity index (χ4v) is 8.46. The molecule has 0 aliphatic carbocycles. The quantitative estimate of drug-likeness (QED) is 0.163. The number of hydrogen-bond donors (Lipinski definition) is 0. The number of aromatic nitrogens is 1. The molecule has 8 aromatic carbocycles. The number of nitriles is 1. The Balaban J connectivity index is 1.08. The highest BCUT2D eigenvalue weighted by Gasteiger charge is 2.45. The fraction of sp³-hybridized carbons (Fsp3) is 0.0182. The van der Waals surface area contributed by atoms with Gasteiger partial charge in [-0.2, -0.15) is 5.26 Å². The smallest absolute Gasteiger partial charge is 0.132 e. The van der Waals surface area contributed by atoms with Gasteiger partial charge in [-0.3, -0.25) is 0 Å². The summed E-state index contributed by atoms with van der Waals surface area (Å²) in [5, 5.41) is 9.41. The van der Waals surface area contributed by atoms with E-state index >= 15 is 0 Å². The summed E-state index contributed by atoms with van der Waals surface area (Å²) in [6.45, 7) is 0. The Morgan fingerprint density at radius 2 is 0.845 bits per heavy atom. The summed E-state index contributed by atoms with van der Waals surface area (Å²) in [4.78, 5) is 5.19. The van der Waals surface area contributed by atoms with Gasteiger partial charge in [0.15, 0.2) is 0 Å². The largest absolute Gasteiger partial charge is 0.457 e. The van der Waals surface area contributed by atoms with E-state index in [2.05, 4.69) is 176 Å². The van der Waals surface area contributed by atoms with Gasteiger partial charge in [0.25, 0.3) is 0 Å². The Morgan fingerprint density at radius 3 is 1.48 bits per heavy atom. The lowest BCUT2D eigenvalue weighted by Crippen LogP contribution is -2.34. The average molecular weight is 741 g/mol. The molecular weight excluding hydrogens is 705 g/mol. The van der Waals surface area contributed by atoms with Crippen LogP contribution >= 0.6 is 0 Å². The van der Waals surface area contributed by atoms with Crippen molar-refractivity contribution in [3.8, 4) is 73.5 Å². The predicted octanol–water partition coefficient (Wildman–Crippen LogP) is 13.8. The Hall–Kier alpha value is -7.80. The van der Waals surface area contributed by atoms with E-state index in [9.17, 15) is 5.26 Å². The van der Waals surface area contributed by atoms with Gasteiger partial charge in [0, 0.05) is 22.3 Å². The Labute approximate surface area is 338 Å². The second kappa shape index (κ2) is 14.7. The van der Waals surface area contributed by atoms with Crippen molar-refractivity contribution in [1.82, 2.24) is 4.98 Å². The molecule has 10 rings (SSSR count). The van der Waals surface area contributed by atoms with Crippen LogP contribution in [0.1, 0.15) is 27.8 Å². The third-order valence-electron chi connectivity index (χ3n) is 11.2. The first-order valence-corrected chi connectivity index (χ1v) is 19.5. The number of benzene rings is 8. The summed E-state index contributed by atoms with van der Waals surface area (Å²) < 4.78 is 6.68. The molecule has 0 radical (unpaired) electrons. The number of pyridine rings is 1. The molecule has 1 aromatic heterocycles. The van der Waals surface area contributed by atoms with Crippen molar-refractivity contribution in [1.29, 1.82) is 5.26 Å². The number of rotatable bonds is 7. The summed E-state index contributed by atoms with van der Waals surface area (Å²) >= 11 is 0. The monoisotopic (exact) mass is 740 g/mol. The number of para-hydroxylation sites is 1. The van der Waals surface area contributed by atoms with E-state index in [1.807, 2.05) is 48.5 Å². The van der Waals surface area contributed by atoms with E-state index in [4.69, 9.17) is 9.72 Å². The molecule has 0 amide bonds. The van der Waals surface area contributed by atoms with Gasteiger partial charge in [-0.05, 0) is 99.1 Å². The van der Waals surface area contributed by atoms with Crippen molar-refractivity contribution in [2.24, 2.45) is 0 Å². The van der Waals surface area contributed by atoms with E-state index in [0.29, 0.717) is 5.56 Å². The molecule has 0 N–H and O–H groups in total. The van der Waals surface area contributed by atoms with E-state index in [1.54, 1.807) is 0 Å². The maximum absolute atomic E-state index is 9.41. The van der Waals surface area contributed by atoms with Crippen LogP contribution in [0.15, 0.2) is 218 Å². The lowest BCUT2D eigenvalue weighted by atomic mass is 9.63. The molecule has 0 bridgehead atoms. The average Bonchev–Trinajstić information content (AvgIpc) is 3.31. The first kappa shape index (κ1) is 34.7. The molecule has 1 aliphatic rings. The van der Waals surface area contributed by atoms with E-state index in [-0.39, 0.29) is 0 Å². The van der Waals surface area contributed by atoms with Gasteiger partial charge >= 0.3 is 0 Å². The molecule has 272 valence electrons. The van der Waals surface area contributed by atoms with Crippen molar-refractivity contribution in [2.75, 3.05) is 0 Å². The van der Waals surface area contributed by atoms with Crippen LogP contribution in [0.4, 0.5) is 0 Å². The molecule has 9 aromatic rings. The van der Waals surface area contributed by atoms with Crippen molar-refractivity contribution in [3.63, 3.8) is 0 Å². The molecule has 0 unspecified atom stereocenters. The maximum atomic E-state index is 9.41.